The Morgan fingerprint density at radius 2 is 1.59 bits per heavy atom. The number of halogens is 1. The zero-order valence-corrected chi connectivity index (χ0v) is 17.4. The van der Waals surface area contributed by atoms with Crippen molar-refractivity contribution in [2.75, 3.05) is 25.0 Å². The molecule has 1 amide bonds. The molecular weight excluding hydrogens is 391 g/mol. The second kappa shape index (κ2) is 8.31. The highest BCUT2D eigenvalue weighted by Crippen LogP contribution is 2.25. The van der Waals surface area contributed by atoms with Gasteiger partial charge in [-0.15, -0.1) is 0 Å². The van der Waals surface area contributed by atoms with Crippen molar-refractivity contribution in [2.24, 2.45) is 0 Å². The molecule has 0 saturated heterocycles. The van der Waals surface area contributed by atoms with Gasteiger partial charge in [0.25, 0.3) is 5.91 Å². The lowest BCUT2D eigenvalue weighted by Crippen LogP contribution is -2.31. The van der Waals surface area contributed by atoms with E-state index in [4.69, 9.17) is 0 Å². The van der Waals surface area contributed by atoms with Gasteiger partial charge in [0.15, 0.2) is 0 Å². The van der Waals surface area contributed by atoms with E-state index in [2.05, 4.69) is 0 Å². The van der Waals surface area contributed by atoms with E-state index in [1.165, 1.54) is 22.3 Å². The van der Waals surface area contributed by atoms with Gasteiger partial charge in [0.1, 0.15) is 5.82 Å². The third kappa shape index (κ3) is 4.02. The van der Waals surface area contributed by atoms with Crippen LogP contribution in [0.2, 0.25) is 0 Å². The second-order valence-electron chi connectivity index (χ2n) is 6.63. The summed E-state index contributed by atoms with van der Waals surface area (Å²) in [5, 5.41) is 1.97. The summed E-state index contributed by atoms with van der Waals surface area (Å²) in [6, 6.07) is 16.5. The fraction of sp³-hybridized carbons (Fsp3) is 0.227. The molecule has 0 spiro atoms. The molecule has 0 aromatic heterocycles. The first-order chi connectivity index (χ1) is 13.8. The SMILES string of the molecule is CCN(CC)S(=O)(=O)c1ccc(F)c(C(=O)N(C)c2ccc3ccccc3c2)c1. The number of rotatable bonds is 6. The average molecular weight is 415 g/mol. The van der Waals surface area contributed by atoms with Crippen LogP contribution in [-0.2, 0) is 10.0 Å². The molecule has 7 heteroatoms. The van der Waals surface area contributed by atoms with Gasteiger partial charge < -0.3 is 4.90 Å². The molecule has 29 heavy (non-hydrogen) atoms. The van der Waals surface area contributed by atoms with Gasteiger partial charge in [-0.25, -0.2) is 12.8 Å². The maximum Gasteiger partial charge on any atom is 0.261 e. The summed E-state index contributed by atoms with van der Waals surface area (Å²) in [5.41, 5.74) is 0.305. The molecule has 5 nitrogen and oxygen atoms in total. The van der Waals surface area contributed by atoms with Crippen molar-refractivity contribution in [1.82, 2.24) is 4.31 Å². The van der Waals surface area contributed by atoms with Crippen LogP contribution in [0, 0.1) is 5.82 Å². The van der Waals surface area contributed by atoms with Crippen molar-refractivity contribution in [3.63, 3.8) is 0 Å². The fourth-order valence-electron chi connectivity index (χ4n) is 3.22. The topological polar surface area (TPSA) is 57.7 Å². The Morgan fingerprint density at radius 1 is 0.931 bits per heavy atom. The first-order valence-electron chi connectivity index (χ1n) is 9.36. The molecule has 0 saturated carbocycles. The first kappa shape index (κ1) is 21.0. The Labute approximate surface area is 170 Å². The minimum atomic E-state index is -3.80. The minimum absolute atomic E-state index is 0.0992. The van der Waals surface area contributed by atoms with E-state index < -0.39 is 21.7 Å². The van der Waals surface area contributed by atoms with Gasteiger partial charge in [0.05, 0.1) is 10.5 Å². The van der Waals surface area contributed by atoms with Crippen LogP contribution in [0.4, 0.5) is 10.1 Å². The van der Waals surface area contributed by atoms with E-state index >= 15 is 0 Å². The van der Waals surface area contributed by atoms with Gasteiger partial charge in [-0.1, -0.05) is 44.2 Å². The molecule has 152 valence electrons. The number of carbonyl (C=O) groups excluding carboxylic acids is 1. The molecule has 0 aliphatic rings. The third-order valence-corrected chi connectivity index (χ3v) is 6.98. The summed E-state index contributed by atoms with van der Waals surface area (Å²) in [5.74, 6) is -1.38. The molecule has 3 aromatic carbocycles. The normalized spacial score (nSPS) is 11.8. The molecule has 0 aliphatic carbocycles. The lowest BCUT2D eigenvalue weighted by Gasteiger charge is -2.21. The highest BCUT2D eigenvalue weighted by Gasteiger charge is 2.25. The second-order valence-corrected chi connectivity index (χ2v) is 8.56. The molecule has 0 fully saturated rings. The number of sulfonamides is 1. The quantitative estimate of drug-likeness (QED) is 0.605. The molecular formula is C22H23FN2O3S. The minimum Gasteiger partial charge on any atom is -0.311 e. The van der Waals surface area contributed by atoms with Crippen LogP contribution >= 0.6 is 0 Å². The number of fused-ring (bicyclic) bond motifs is 1. The zero-order chi connectivity index (χ0) is 21.2. The molecule has 0 aliphatic heterocycles. The van der Waals surface area contributed by atoms with E-state index in [1.54, 1.807) is 19.9 Å². The standard InChI is InChI=1S/C22H23FN2O3S/c1-4-25(5-2)29(27,28)19-12-13-21(23)20(15-19)22(26)24(3)18-11-10-16-8-6-7-9-17(16)14-18/h6-15H,4-5H2,1-3H3. The number of hydrogen-bond donors (Lipinski definition) is 0. The van der Waals surface area contributed by atoms with Crippen LogP contribution in [0.15, 0.2) is 65.6 Å². The first-order valence-corrected chi connectivity index (χ1v) is 10.8. The van der Waals surface area contributed by atoms with E-state index in [0.717, 1.165) is 22.9 Å². The number of carbonyl (C=O) groups is 1. The van der Waals surface area contributed by atoms with Crippen LogP contribution in [0.1, 0.15) is 24.2 Å². The Bertz CT molecular complexity index is 1160. The van der Waals surface area contributed by atoms with Crippen molar-refractivity contribution in [2.45, 2.75) is 18.7 Å². The molecule has 0 bridgehead atoms. The van der Waals surface area contributed by atoms with E-state index in [-0.39, 0.29) is 23.5 Å². The number of anilines is 1. The maximum atomic E-state index is 14.4. The van der Waals surface area contributed by atoms with Gasteiger partial charge in [0.2, 0.25) is 10.0 Å². The zero-order valence-electron chi connectivity index (χ0n) is 16.6. The van der Waals surface area contributed by atoms with Gasteiger partial charge in [-0.3, -0.25) is 4.79 Å². The van der Waals surface area contributed by atoms with Crippen LogP contribution in [0.3, 0.4) is 0 Å². The van der Waals surface area contributed by atoms with Gasteiger partial charge in [-0.05, 0) is 41.1 Å². The molecule has 3 aromatic rings. The van der Waals surface area contributed by atoms with Crippen LogP contribution in [-0.4, -0.2) is 38.8 Å². The maximum absolute atomic E-state index is 14.4. The van der Waals surface area contributed by atoms with Crippen LogP contribution in [0.25, 0.3) is 10.8 Å². The van der Waals surface area contributed by atoms with E-state index in [1.807, 2.05) is 36.4 Å². The smallest absolute Gasteiger partial charge is 0.261 e. The fourth-order valence-corrected chi connectivity index (χ4v) is 4.71. The van der Waals surface area contributed by atoms with Crippen LogP contribution in [0.5, 0.6) is 0 Å². The molecule has 0 N–H and O–H groups in total. The van der Waals surface area contributed by atoms with E-state index in [0.29, 0.717) is 5.69 Å². The molecule has 0 radical (unpaired) electrons. The number of amides is 1. The summed E-state index contributed by atoms with van der Waals surface area (Å²) in [6.45, 7) is 4.03. The Kier molecular flexibility index (Phi) is 6.00. The van der Waals surface area contributed by atoms with Crippen molar-refractivity contribution in [3.8, 4) is 0 Å². The predicted molar refractivity (Wildman–Crippen MR) is 113 cm³/mol. The predicted octanol–water partition coefficient (Wildman–Crippen LogP) is 4.29. The molecule has 3 rings (SSSR count). The Balaban J connectivity index is 1.99. The van der Waals surface area contributed by atoms with Gasteiger partial charge in [-0.2, -0.15) is 4.31 Å². The number of benzene rings is 3. The summed E-state index contributed by atoms with van der Waals surface area (Å²) < 4.78 is 41.2. The lowest BCUT2D eigenvalue weighted by atomic mass is 10.1. The summed E-state index contributed by atoms with van der Waals surface area (Å²) in [6.07, 6.45) is 0. The third-order valence-electron chi connectivity index (χ3n) is 4.94. The molecule has 0 atom stereocenters. The Morgan fingerprint density at radius 3 is 2.24 bits per heavy atom. The largest absolute Gasteiger partial charge is 0.311 e. The highest BCUT2D eigenvalue weighted by atomic mass is 32.2. The van der Waals surface area contributed by atoms with Crippen molar-refractivity contribution >= 4 is 32.4 Å². The molecule has 0 heterocycles. The van der Waals surface area contributed by atoms with Crippen molar-refractivity contribution in [3.05, 3.63) is 72.0 Å². The lowest BCUT2D eigenvalue weighted by molar-refractivity contribution is 0.0989. The Hall–Kier alpha value is -2.77. The van der Waals surface area contributed by atoms with Crippen molar-refractivity contribution < 1.29 is 17.6 Å². The average Bonchev–Trinajstić information content (AvgIpc) is 2.73. The molecule has 0 unspecified atom stereocenters. The summed E-state index contributed by atoms with van der Waals surface area (Å²) in [7, 11) is -2.26. The summed E-state index contributed by atoms with van der Waals surface area (Å²) in [4.78, 5) is 14.2. The monoisotopic (exact) mass is 414 g/mol. The summed E-state index contributed by atoms with van der Waals surface area (Å²) >= 11 is 0. The van der Waals surface area contributed by atoms with Crippen molar-refractivity contribution in [1.29, 1.82) is 0 Å². The number of hydrogen-bond acceptors (Lipinski definition) is 3. The highest BCUT2D eigenvalue weighted by molar-refractivity contribution is 7.89. The van der Waals surface area contributed by atoms with Crippen LogP contribution < -0.4 is 4.90 Å². The van der Waals surface area contributed by atoms with E-state index in [9.17, 15) is 17.6 Å². The van der Waals surface area contributed by atoms with Gasteiger partial charge in [0, 0.05) is 25.8 Å². The van der Waals surface area contributed by atoms with Gasteiger partial charge >= 0.3 is 0 Å². The number of nitrogens with zero attached hydrogens (tertiary/aromatic N) is 2.